The van der Waals surface area contributed by atoms with E-state index in [0.29, 0.717) is 6.04 Å². The van der Waals surface area contributed by atoms with Crippen LogP contribution in [0.15, 0.2) is 24.3 Å². The van der Waals surface area contributed by atoms with Gasteiger partial charge < -0.3 is 21.1 Å². The lowest BCUT2D eigenvalue weighted by atomic mass is 9.97. The molecule has 19 heavy (non-hydrogen) atoms. The molecule has 0 spiro atoms. The fraction of sp³-hybridized carbons (Fsp3) is 0.500. The van der Waals surface area contributed by atoms with Gasteiger partial charge in [-0.2, -0.15) is 0 Å². The average molecular weight is 261 g/mol. The van der Waals surface area contributed by atoms with Crippen molar-refractivity contribution < 1.29 is 9.90 Å². The third-order valence-electron chi connectivity index (χ3n) is 4.27. The molecule has 2 heterocycles. The molecule has 1 aromatic carbocycles. The van der Waals surface area contributed by atoms with Crippen molar-refractivity contribution in [3.05, 3.63) is 24.3 Å². The van der Waals surface area contributed by atoms with Crippen molar-refractivity contribution in [3.63, 3.8) is 0 Å². The van der Waals surface area contributed by atoms with Crippen LogP contribution in [0.5, 0.6) is 0 Å². The number of nitrogens with two attached hydrogens (primary N) is 1. The number of hydrogen-bond donors (Lipinski definition) is 3. The maximum absolute atomic E-state index is 11.2. The normalized spacial score (nSPS) is 29.3. The van der Waals surface area contributed by atoms with E-state index in [1.807, 2.05) is 24.3 Å². The molecule has 0 radical (unpaired) electrons. The van der Waals surface area contributed by atoms with Crippen LogP contribution in [0.1, 0.15) is 25.7 Å². The SMILES string of the molecule is Nc1ccccc1NC1C[C@H]2CC[C@@H](C1)N2C(=O)O. The van der Waals surface area contributed by atoms with Gasteiger partial charge in [0, 0.05) is 18.1 Å². The highest BCUT2D eigenvalue weighted by Gasteiger charge is 2.43. The lowest BCUT2D eigenvalue weighted by Gasteiger charge is -2.37. The second-order valence-electron chi connectivity index (χ2n) is 5.47. The molecule has 4 N–H and O–H groups in total. The minimum atomic E-state index is -0.773. The molecule has 1 amide bonds. The van der Waals surface area contributed by atoms with Gasteiger partial charge >= 0.3 is 6.09 Å². The Labute approximate surface area is 112 Å². The first kappa shape index (κ1) is 12.1. The predicted molar refractivity (Wildman–Crippen MR) is 74.2 cm³/mol. The molecule has 1 unspecified atom stereocenters. The molecule has 2 aliphatic heterocycles. The Morgan fingerprint density at radius 1 is 1.26 bits per heavy atom. The van der Waals surface area contributed by atoms with Gasteiger partial charge in [-0.15, -0.1) is 0 Å². The van der Waals surface area contributed by atoms with Crippen LogP contribution in [0.3, 0.4) is 0 Å². The highest BCUT2D eigenvalue weighted by atomic mass is 16.4. The fourth-order valence-electron chi connectivity index (χ4n) is 3.46. The number of nitrogen functional groups attached to an aromatic ring is 1. The number of carboxylic acid groups (broad SMARTS) is 1. The summed E-state index contributed by atoms with van der Waals surface area (Å²) < 4.78 is 0. The molecule has 0 aliphatic carbocycles. The maximum atomic E-state index is 11.2. The minimum Gasteiger partial charge on any atom is -0.465 e. The van der Waals surface area contributed by atoms with E-state index in [1.54, 1.807) is 4.90 Å². The van der Waals surface area contributed by atoms with Crippen molar-refractivity contribution in [1.29, 1.82) is 0 Å². The average Bonchev–Trinajstić information content (AvgIpc) is 2.65. The Balaban J connectivity index is 1.70. The Kier molecular flexibility index (Phi) is 2.97. The lowest BCUT2D eigenvalue weighted by Crippen LogP contribution is -2.49. The van der Waals surface area contributed by atoms with Crippen molar-refractivity contribution in [2.24, 2.45) is 0 Å². The molecule has 102 valence electrons. The van der Waals surface area contributed by atoms with Gasteiger partial charge in [0.15, 0.2) is 0 Å². The smallest absolute Gasteiger partial charge is 0.407 e. The summed E-state index contributed by atoms with van der Waals surface area (Å²) in [5.74, 6) is 0. The Bertz CT molecular complexity index is 477. The van der Waals surface area contributed by atoms with Gasteiger partial charge in [-0.25, -0.2) is 4.79 Å². The number of benzene rings is 1. The topological polar surface area (TPSA) is 78.6 Å². The second kappa shape index (κ2) is 4.64. The molecular weight excluding hydrogens is 242 g/mol. The second-order valence-corrected chi connectivity index (χ2v) is 5.47. The third-order valence-corrected chi connectivity index (χ3v) is 4.27. The van der Waals surface area contributed by atoms with Gasteiger partial charge in [-0.05, 0) is 37.8 Å². The van der Waals surface area contributed by atoms with Crippen LogP contribution in [0, 0.1) is 0 Å². The van der Waals surface area contributed by atoms with Crippen molar-refractivity contribution in [2.75, 3.05) is 11.1 Å². The quantitative estimate of drug-likeness (QED) is 0.714. The number of amides is 1. The van der Waals surface area contributed by atoms with Crippen LogP contribution < -0.4 is 11.1 Å². The molecule has 1 aromatic rings. The largest absolute Gasteiger partial charge is 0.465 e. The van der Waals surface area contributed by atoms with Crippen LogP contribution in [-0.2, 0) is 0 Å². The van der Waals surface area contributed by atoms with Gasteiger partial charge in [0.2, 0.25) is 0 Å². The maximum Gasteiger partial charge on any atom is 0.407 e. The molecule has 2 fully saturated rings. The number of rotatable bonds is 2. The summed E-state index contributed by atoms with van der Waals surface area (Å²) in [7, 11) is 0. The molecule has 2 saturated heterocycles. The van der Waals surface area contributed by atoms with E-state index in [2.05, 4.69) is 5.32 Å². The van der Waals surface area contributed by atoms with Crippen molar-refractivity contribution in [2.45, 2.75) is 43.8 Å². The Hall–Kier alpha value is -1.91. The molecule has 0 aromatic heterocycles. The summed E-state index contributed by atoms with van der Waals surface area (Å²) in [5.41, 5.74) is 7.63. The fourth-order valence-corrected chi connectivity index (χ4v) is 3.46. The first-order valence-corrected chi connectivity index (χ1v) is 6.77. The number of nitrogens with one attached hydrogen (secondary N) is 1. The number of anilines is 2. The van der Waals surface area contributed by atoms with E-state index < -0.39 is 6.09 Å². The summed E-state index contributed by atoms with van der Waals surface area (Å²) in [6.45, 7) is 0. The monoisotopic (exact) mass is 261 g/mol. The van der Waals surface area contributed by atoms with Crippen molar-refractivity contribution >= 4 is 17.5 Å². The van der Waals surface area contributed by atoms with Crippen LogP contribution >= 0.6 is 0 Å². The van der Waals surface area contributed by atoms with E-state index in [-0.39, 0.29) is 12.1 Å². The molecule has 5 nitrogen and oxygen atoms in total. The summed E-state index contributed by atoms with van der Waals surface area (Å²) in [5, 5.41) is 12.7. The molecular formula is C14H19N3O2. The van der Waals surface area contributed by atoms with Gasteiger partial charge in [-0.1, -0.05) is 12.1 Å². The first-order valence-electron chi connectivity index (χ1n) is 6.77. The van der Waals surface area contributed by atoms with E-state index in [1.165, 1.54) is 0 Å². The Morgan fingerprint density at radius 3 is 2.47 bits per heavy atom. The number of hydrogen-bond acceptors (Lipinski definition) is 3. The number of para-hydroxylation sites is 2. The lowest BCUT2D eigenvalue weighted by molar-refractivity contribution is 0.0994. The number of carbonyl (C=O) groups is 1. The van der Waals surface area contributed by atoms with E-state index in [4.69, 9.17) is 5.73 Å². The van der Waals surface area contributed by atoms with Crippen LogP contribution in [0.25, 0.3) is 0 Å². The van der Waals surface area contributed by atoms with Gasteiger partial charge in [0.05, 0.1) is 11.4 Å². The van der Waals surface area contributed by atoms with Crippen LogP contribution in [0.2, 0.25) is 0 Å². The zero-order valence-corrected chi connectivity index (χ0v) is 10.7. The summed E-state index contributed by atoms with van der Waals surface area (Å²) >= 11 is 0. The van der Waals surface area contributed by atoms with Gasteiger partial charge in [0.25, 0.3) is 0 Å². The number of fused-ring (bicyclic) bond motifs is 2. The van der Waals surface area contributed by atoms with Crippen LogP contribution in [-0.4, -0.2) is 34.2 Å². The molecule has 3 atom stereocenters. The summed E-state index contributed by atoms with van der Waals surface area (Å²) in [6, 6.07) is 8.37. The third kappa shape index (κ3) is 2.20. The van der Waals surface area contributed by atoms with Gasteiger partial charge in [-0.3, -0.25) is 0 Å². The van der Waals surface area contributed by atoms with E-state index in [0.717, 1.165) is 37.1 Å². The molecule has 2 bridgehead atoms. The molecule has 2 aliphatic rings. The summed E-state index contributed by atoms with van der Waals surface area (Å²) in [6.07, 6.45) is 2.94. The predicted octanol–water partition coefficient (Wildman–Crippen LogP) is 2.35. The van der Waals surface area contributed by atoms with Crippen molar-refractivity contribution in [1.82, 2.24) is 4.90 Å². The zero-order valence-electron chi connectivity index (χ0n) is 10.7. The zero-order chi connectivity index (χ0) is 13.4. The van der Waals surface area contributed by atoms with E-state index >= 15 is 0 Å². The standard InChI is InChI=1S/C14H19N3O2/c15-12-3-1-2-4-13(12)16-9-7-10-5-6-11(8-9)17(10)14(18)19/h1-4,9-11,16H,5-8,15H2,(H,18,19)/t9?,10-,11+. The highest BCUT2D eigenvalue weighted by molar-refractivity contribution is 5.68. The van der Waals surface area contributed by atoms with Crippen molar-refractivity contribution in [3.8, 4) is 0 Å². The van der Waals surface area contributed by atoms with Gasteiger partial charge in [0.1, 0.15) is 0 Å². The summed E-state index contributed by atoms with van der Waals surface area (Å²) in [4.78, 5) is 12.9. The molecule has 5 heteroatoms. The first-order chi connectivity index (χ1) is 9.15. The minimum absolute atomic E-state index is 0.165. The Morgan fingerprint density at radius 2 is 1.89 bits per heavy atom. The van der Waals surface area contributed by atoms with Crippen LogP contribution in [0.4, 0.5) is 16.2 Å². The molecule has 3 rings (SSSR count). The molecule has 0 saturated carbocycles. The number of piperidine rings is 1. The van der Waals surface area contributed by atoms with E-state index in [9.17, 15) is 9.90 Å². The number of nitrogens with zero attached hydrogens (tertiary/aromatic N) is 1. The highest BCUT2D eigenvalue weighted by Crippen LogP contribution is 2.37.